The van der Waals surface area contributed by atoms with Crippen LogP contribution < -0.4 is 46.7 Å². The van der Waals surface area contributed by atoms with Gasteiger partial charge >= 0.3 is 0 Å². The predicted molar refractivity (Wildman–Crippen MR) is 476 cm³/mol. The molecule has 1 aliphatic carbocycles. The summed E-state index contributed by atoms with van der Waals surface area (Å²) in [4.78, 5) is 23.9. The molecule has 1 aliphatic heterocycles. The van der Waals surface area contributed by atoms with E-state index in [0.717, 1.165) is 132 Å². The van der Waals surface area contributed by atoms with E-state index in [2.05, 4.69) is 116 Å². The number of benzene rings is 6. The highest BCUT2D eigenvalue weighted by atomic mass is 79.9. The zero-order valence-corrected chi connectivity index (χ0v) is 73.5. The molecular formula is C81H89Br3N22O9S4. The van der Waals surface area contributed by atoms with Crippen molar-refractivity contribution < 1.29 is 38.8 Å². The molecule has 119 heavy (non-hydrogen) atoms. The van der Waals surface area contributed by atoms with Crippen LogP contribution >= 0.6 is 47.8 Å². The monoisotopic (exact) mass is 1880 g/mol. The number of rotatable bonds is 26. The van der Waals surface area contributed by atoms with E-state index in [9.17, 15) is 38.8 Å². The molecule has 0 spiro atoms. The quantitative estimate of drug-likeness (QED) is 0.0243. The number of aliphatic hydroxyl groups is 1. The van der Waals surface area contributed by atoms with Crippen molar-refractivity contribution in [2.24, 2.45) is 5.73 Å². The van der Waals surface area contributed by atoms with Crippen LogP contribution in [0.3, 0.4) is 0 Å². The van der Waals surface area contributed by atoms with Crippen LogP contribution in [0.4, 0.5) is 57.7 Å². The lowest BCUT2D eigenvalue weighted by atomic mass is 9.95. The van der Waals surface area contributed by atoms with Gasteiger partial charge in [0, 0.05) is 115 Å². The van der Waals surface area contributed by atoms with Crippen LogP contribution in [-0.4, -0.2) is 180 Å². The van der Waals surface area contributed by atoms with Crippen molar-refractivity contribution in [2.45, 2.75) is 90.0 Å². The second-order valence-corrected chi connectivity index (χ2v) is 38.6. The third kappa shape index (κ3) is 21.6. The summed E-state index contributed by atoms with van der Waals surface area (Å²) in [5.74, 6) is 4.46. The molecule has 9 heterocycles. The van der Waals surface area contributed by atoms with Gasteiger partial charge in [-0.25, -0.2) is 63.1 Å². The third-order valence-electron chi connectivity index (χ3n) is 19.4. The van der Waals surface area contributed by atoms with Gasteiger partial charge in [0.05, 0.1) is 81.8 Å². The summed E-state index contributed by atoms with van der Waals surface area (Å²) in [6.07, 6.45) is 18.1. The SMILES string of the molecule is CCc1cnn2c(Nc3ccc(S(=O)(=O)NCCN(C)C)cc3)cc(-c3ccccc3)nc12.CS(=O)(=O)c1ccc(Nc2cc(N3CCC[C@H]3CO)nc3c(Br)cnn23)cc1.CS(=O)(=O)c1ccc(Nc2cc(NC3CCCCC3)nc3c(Br)cnn23)cc1.NCCNS(=O)(=O)c1ccc(Nc2cc(-c3ccccc3)nc3c(Br)cnn23)cc1. The second-order valence-electron chi connectivity index (χ2n) is 28.4. The first-order chi connectivity index (χ1) is 57.1. The van der Waals surface area contributed by atoms with Gasteiger partial charge in [-0.3, -0.25) is 0 Å². The molecule has 8 aromatic heterocycles. The number of halogens is 3. The number of nitrogens with zero attached hydrogens (tertiary/aromatic N) is 14. The number of sulfonamides is 2. The Balaban J connectivity index is 0.000000138. The number of nitrogens with one attached hydrogen (secondary N) is 7. The molecule has 0 radical (unpaired) electrons. The minimum absolute atomic E-state index is 0.0542. The van der Waals surface area contributed by atoms with Crippen molar-refractivity contribution in [1.82, 2.24) is 72.7 Å². The van der Waals surface area contributed by atoms with E-state index in [1.54, 1.807) is 122 Å². The Morgan fingerprint density at radius 1 is 0.471 bits per heavy atom. The molecule has 10 N–H and O–H groups in total. The Bertz CT molecular complexity index is 6350. The summed E-state index contributed by atoms with van der Waals surface area (Å²) >= 11 is 10.5. The molecule has 1 saturated heterocycles. The molecule has 6 aromatic carbocycles. The van der Waals surface area contributed by atoms with Crippen molar-refractivity contribution in [3.05, 3.63) is 226 Å². The number of aromatic nitrogens is 12. The molecule has 0 amide bonds. The van der Waals surface area contributed by atoms with Crippen LogP contribution in [0.25, 0.3) is 45.1 Å². The van der Waals surface area contributed by atoms with E-state index in [-0.39, 0.29) is 40.4 Å². The van der Waals surface area contributed by atoms with Gasteiger partial charge in [-0.15, -0.1) is 0 Å². The number of aliphatic hydroxyl groups excluding tert-OH is 1. The molecule has 31 nitrogen and oxygen atoms in total. The second kappa shape index (κ2) is 38.4. The topological polar surface area (TPSA) is 394 Å². The number of fused-ring (bicyclic) bond motifs is 4. The minimum Gasteiger partial charge on any atom is -0.394 e. The maximum Gasteiger partial charge on any atom is 0.240 e. The van der Waals surface area contributed by atoms with Gasteiger partial charge in [0.15, 0.2) is 42.3 Å². The van der Waals surface area contributed by atoms with Crippen molar-refractivity contribution in [1.29, 1.82) is 0 Å². The highest BCUT2D eigenvalue weighted by Gasteiger charge is 2.28. The van der Waals surface area contributed by atoms with E-state index in [1.165, 1.54) is 43.9 Å². The van der Waals surface area contributed by atoms with Gasteiger partial charge in [-0.2, -0.15) is 38.5 Å². The highest BCUT2D eigenvalue weighted by molar-refractivity contribution is 9.11. The molecular weight excluding hydrogens is 1790 g/mol. The Hall–Kier alpha value is -10.4. The van der Waals surface area contributed by atoms with E-state index in [0.29, 0.717) is 52.6 Å². The average Bonchev–Trinajstić information content (AvgIpc) is 1.68. The standard InChI is InChI=1S/C24H28N6O2S.C20H19BrN6O2S.C19H22BrN5O2S.C18H20BrN5O3S/c1-4-18-17-25-30-23(16-22(28-24(18)30)19-8-6-5-7-9-19)27-20-10-12-21(13-11-20)33(31,32)26-14-15-29(2)3;21-17-13-23-27-19(12-18(26-20(17)27)14-4-2-1-3-5-14)25-15-6-8-16(9-7-15)30(28,29)24-11-10-22;1-28(26,27)15-9-7-14(8-10-15)23-18-11-17(22-13-5-3-2-4-6-13)24-19-16(20)12-21-25(18)19;1-28(26,27)14-6-4-12(5-7-14)21-17-9-16(23-8-2-3-13(23)11-25)22-18-15(19)10-20-24(17)18/h5-13,16-17,26-27H,4,14-15H2,1-3H3;1-9,12-13,24-25H,10-11,22H2;7-13,23H,2-6H2,1H3,(H,22,24);4-7,9-10,13,21,25H,2-3,8,11H2,1H3/t;;;13-/m...0/s1. The van der Waals surface area contributed by atoms with Crippen LogP contribution in [0.2, 0.25) is 0 Å². The summed E-state index contributed by atoms with van der Waals surface area (Å²) in [6, 6.07) is 54.4. The van der Waals surface area contributed by atoms with Gasteiger partial charge in [-0.1, -0.05) is 86.8 Å². The van der Waals surface area contributed by atoms with E-state index in [1.807, 2.05) is 110 Å². The van der Waals surface area contributed by atoms with E-state index >= 15 is 0 Å². The fourth-order valence-electron chi connectivity index (χ4n) is 13.3. The zero-order chi connectivity index (χ0) is 84.2. The Morgan fingerprint density at radius 3 is 1.31 bits per heavy atom. The number of hydrogen-bond donors (Lipinski definition) is 9. The van der Waals surface area contributed by atoms with E-state index in [4.69, 9.17) is 25.7 Å². The average molecular weight is 1880 g/mol. The van der Waals surface area contributed by atoms with Crippen molar-refractivity contribution in [3.8, 4) is 22.5 Å². The maximum atomic E-state index is 12.5. The molecule has 0 bridgehead atoms. The Labute approximate surface area is 715 Å². The first-order valence-electron chi connectivity index (χ1n) is 38.1. The van der Waals surface area contributed by atoms with Crippen LogP contribution in [0.15, 0.2) is 240 Å². The normalized spacial score (nSPS) is 14.0. The van der Waals surface area contributed by atoms with Crippen LogP contribution in [0.5, 0.6) is 0 Å². The van der Waals surface area contributed by atoms with Gasteiger partial charge in [0.2, 0.25) is 20.0 Å². The zero-order valence-electron chi connectivity index (χ0n) is 65.5. The molecule has 2 aliphatic rings. The number of aryl methyl sites for hydroxylation is 1. The Kier molecular flexibility index (Phi) is 27.9. The third-order valence-corrected chi connectivity index (χ3v) is 26.3. The molecule has 38 heteroatoms. The number of nitrogens with two attached hydrogens (primary N) is 1. The molecule has 2 fully saturated rings. The maximum absolute atomic E-state index is 12.5. The summed E-state index contributed by atoms with van der Waals surface area (Å²) in [6.45, 7) is 4.40. The summed E-state index contributed by atoms with van der Waals surface area (Å²) in [5.41, 5.74) is 15.9. The lowest BCUT2D eigenvalue weighted by molar-refractivity contribution is 0.266. The van der Waals surface area contributed by atoms with Crippen LogP contribution in [-0.2, 0) is 46.1 Å². The van der Waals surface area contributed by atoms with Crippen LogP contribution in [0, 0.1) is 0 Å². The van der Waals surface area contributed by atoms with Crippen molar-refractivity contribution in [3.63, 3.8) is 0 Å². The summed E-state index contributed by atoms with van der Waals surface area (Å²) in [7, 11) is -9.79. The van der Waals surface area contributed by atoms with Crippen LogP contribution in [0.1, 0.15) is 57.4 Å². The van der Waals surface area contributed by atoms with Gasteiger partial charge in [-0.05, 0) is 191 Å². The molecule has 0 unspecified atom stereocenters. The van der Waals surface area contributed by atoms with Gasteiger partial charge in [0.25, 0.3) is 0 Å². The summed E-state index contributed by atoms with van der Waals surface area (Å²) < 4.78 is 110. The number of likely N-dealkylation sites (N-methyl/N-ethyl adjacent to an activating group) is 1. The number of anilines is 10. The number of sulfone groups is 2. The number of hydrogen-bond acceptors (Lipinski definition) is 25. The molecule has 16 rings (SSSR count). The fraction of sp³-hybridized carbons (Fsp3) is 0.259. The lowest BCUT2D eigenvalue weighted by Gasteiger charge is -2.25. The van der Waals surface area contributed by atoms with E-state index < -0.39 is 39.7 Å². The molecule has 1 atom stereocenters. The Morgan fingerprint density at radius 2 is 0.874 bits per heavy atom. The molecule has 1 saturated carbocycles. The highest BCUT2D eigenvalue weighted by Crippen LogP contribution is 2.35. The predicted octanol–water partition coefficient (Wildman–Crippen LogP) is 13.7. The minimum atomic E-state index is -3.58. The van der Waals surface area contributed by atoms with Gasteiger partial charge < -0.3 is 47.2 Å². The largest absolute Gasteiger partial charge is 0.394 e. The lowest BCUT2D eigenvalue weighted by Crippen LogP contribution is -2.32. The first kappa shape index (κ1) is 86.5. The first-order valence-corrected chi connectivity index (χ1v) is 47.2. The van der Waals surface area contributed by atoms with Crippen molar-refractivity contribution >= 4 is 168 Å². The molecule has 14 aromatic rings. The summed E-state index contributed by atoms with van der Waals surface area (Å²) in [5, 5.41) is 44.1. The van der Waals surface area contributed by atoms with Crippen molar-refractivity contribution in [2.75, 3.05) is 97.4 Å². The van der Waals surface area contributed by atoms with Gasteiger partial charge in [0.1, 0.15) is 34.9 Å². The molecule has 622 valence electrons. The fourth-order valence-corrected chi connectivity index (χ4v) is 17.7. The smallest absolute Gasteiger partial charge is 0.240 e.